The molecule has 1 aromatic rings. The van der Waals surface area contributed by atoms with Crippen LogP contribution in [0.4, 0.5) is 4.79 Å². The first-order valence-electron chi connectivity index (χ1n) is 8.22. The van der Waals surface area contributed by atoms with Crippen molar-refractivity contribution in [1.82, 2.24) is 10.6 Å². The lowest BCUT2D eigenvalue weighted by atomic mass is 10.2. The molecular formula is C16H26N3O3S+. The molecule has 0 spiro atoms. The van der Waals surface area contributed by atoms with Crippen LogP contribution in [0.15, 0.2) is 17.5 Å². The summed E-state index contributed by atoms with van der Waals surface area (Å²) < 4.78 is 5.69. The summed E-state index contributed by atoms with van der Waals surface area (Å²) >= 11 is 1.69. The van der Waals surface area contributed by atoms with E-state index in [9.17, 15) is 9.59 Å². The molecule has 3 amide bonds. The zero-order valence-corrected chi connectivity index (χ0v) is 14.4. The van der Waals surface area contributed by atoms with Gasteiger partial charge in [0, 0.05) is 13.2 Å². The van der Waals surface area contributed by atoms with Gasteiger partial charge in [-0.25, -0.2) is 4.79 Å². The summed E-state index contributed by atoms with van der Waals surface area (Å²) in [4.78, 5) is 26.0. The smallest absolute Gasteiger partial charge is 0.321 e. The topological polar surface area (TPSA) is 71.9 Å². The average molecular weight is 340 g/mol. The minimum absolute atomic E-state index is 0.215. The number of nitrogens with one attached hydrogen (secondary N) is 3. The number of hydrogen-bond acceptors (Lipinski definition) is 4. The first-order chi connectivity index (χ1) is 11.2. The van der Waals surface area contributed by atoms with Crippen molar-refractivity contribution in [3.63, 3.8) is 0 Å². The maximum atomic E-state index is 12.1. The van der Waals surface area contributed by atoms with Gasteiger partial charge in [0.05, 0.1) is 4.88 Å². The fraction of sp³-hybridized carbons (Fsp3) is 0.625. The summed E-state index contributed by atoms with van der Waals surface area (Å²) in [6.45, 7) is 5.20. The van der Waals surface area contributed by atoms with Gasteiger partial charge in [0.1, 0.15) is 19.2 Å². The Morgan fingerprint density at radius 2 is 2.35 bits per heavy atom. The maximum Gasteiger partial charge on any atom is 0.321 e. The quantitative estimate of drug-likeness (QED) is 0.647. The molecule has 0 aliphatic carbocycles. The molecule has 23 heavy (non-hydrogen) atoms. The van der Waals surface area contributed by atoms with E-state index in [1.165, 1.54) is 4.88 Å². The van der Waals surface area contributed by atoms with E-state index < -0.39 is 6.03 Å². The van der Waals surface area contributed by atoms with Gasteiger partial charge < -0.3 is 15.0 Å². The number of amides is 3. The molecule has 1 aliphatic rings. The van der Waals surface area contributed by atoms with E-state index in [2.05, 4.69) is 16.7 Å². The largest absolute Gasteiger partial charge is 0.372 e. The molecule has 0 saturated carbocycles. The summed E-state index contributed by atoms with van der Waals surface area (Å²) in [5.41, 5.74) is 0. The first-order valence-corrected chi connectivity index (χ1v) is 9.10. The van der Waals surface area contributed by atoms with Gasteiger partial charge in [0.15, 0.2) is 6.54 Å². The second kappa shape index (κ2) is 9.64. The molecule has 0 radical (unpaired) electrons. The summed E-state index contributed by atoms with van der Waals surface area (Å²) in [6, 6.07) is 3.68. The molecule has 1 saturated heterocycles. The minimum Gasteiger partial charge on any atom is -0.372 e. The van der Waals surface area contributed by atoms with Crippen LogP contribution in [0.5, 0.6) is 0 Å². The highest BCUT2D eigenvalue weighted by Crippen LogP contribution is 2.10. The van der Waals surface area contributed by atoms with Crippen LogP contribution in [0.1, 0.15) is 31.1 Å². The molecule has 2 rings (SSSR count). The van der Waals surface area contributed by atoms with Crippen LogP contribution in [-0.2, 0) is 16.1 Å². The molecule has 128 valence electrons. The zero-order valence-electron chi connectivity index (χ0n) is 13.6. The van der Waals surface area contributed by atoms with E-state index in [0.717, 1.165) is 43.9 Å². The van der Waals surface area contributed by atoms with Crippen LogP contribution in [0, 0.1) is 0 Å². The first kappa shape index (κ1) is 17.9. The molecule has 2 heterocycles. The van der Waals surface area contributed by atoms with Gasteiger partial charge in [-0.05, 0) is 30.7 Å². The molecule has 6 nitrogen and oxygen atoms in total. The number of thiophene rings is 1. The summed E-state index contributed by atoms with van der Waals surface area (Å²) in [6.07, 6.45) is 3.19. The van der Waals surface area contributed by atoms with Gasteiger partial charge in [0.2, 0.25) is 0 Å². The predicted molar refractivity (Wildman–Crippen MR) is 89.5 cm³/mol. The van der Waals surface area contributed by atoms with Crippen LogP contribution in [0.2, 0.25) is 0 Å². The Hall–Kier alpha value is -1.44. The van der Waals surface area contributed by atoms with Crippen LogP contribution in [0.25, 0.3) is 0 Å². The molecule has 7 heteroatoms. The number of urea groups is 1. The van der Waals surface area contributed by atoms with Gasteiger partial charge >= 0.3 is 6.03 Å². The van der Waals surface area contributed by atoms with Crippen molar-refractivity contribution in [2.45, 2.75) is 38.8 Å². The van der Waals surface area contributed by atoms with E-state index in [1.807, 2.05) is 18.4 Å². The second-order valence-corrected chi connectivity index (χ2v) is 6.86. The molecule has 1 unspecified atom stereocenters. The monoisotopic (exact) mass is 340 g/mol. The fourth-order valence-electron chi connectivity index (χ4n) is 2.67. The lowest BCUT2D eigenvalue weighted by Crippen LogP contribution is -3.13. The second-order valence-electron chi connectivity index (χ2n) is 5.83. The standard InChI is InChI=1S/C16H25N3O3S/c1-2-7-17-16(21)18-15(20)12-19(10-13-5-3-8-22-13)11-14-6-4-9-23-14/h4,6,9,13H,2-3,5,7-8,10-12H2,1H3,(H2,17,18,20,21)/p+1/t13-/m1/s1. The summed E-state index contributed by atoms with van der Waals surface area (Å²) in [5.74, 6) is -0.247. The molecule has 0 bridgehead atoms. The van der Waals surface area contributed by atoms with Crippen LogP contribution in [0.3, 0.4) is 0 Å². The molecule has 1 aliphatic heterocycles. The summed E-state index contributed by atoms with van der Waals surface area (Å²) in [5, 5.41) is 7.09. The Kier molecular flexibility index (Phi) is 7.51. The number of hydrogen-bond donors (Lipinski definition) is 3. The Morgan fingerprint density at radius 3 is 3.00 bits per heavy atom. The van der Waals surface area contributed by atoms with Crippen molar-refractivity contribution in [3.8, 4) is 0 Å². The van der Waals surface area contributed by atoms with Gasteiger partial charge in [-0.15, -0.1) is 11.3 Å². The zero-order chi connectivity index (χ0) is 16.5. The molecule has 3 N–H and O–H groups in total. The Morgan fingerprint density at radius 1 is 1.48 bits per heavy atom. The number of ether oxygens (including phenoxy) is 1. The molecule has 2 atom stereocenters. The summed E-state index contributed by atoms with van der Waals surface area (Å²) in [7, 11) is 0. The molecule has 0 aromatic carbocycles. The average Bonchev–Trinajstić information content (AvgIpc) is 3.18. The van der Waals surface area contributed by atoms with E-state index in [0.29, 0.717) is 6.54 Å². The van der Waals surface area contributed by atoms with Crippen LogP contribution < -0.4 is 15.5 Å². The lowest BCUT2D eigenvalue weighted by molar-refractivity contribution is -0.908. The normalized spacial score (nSPS) is 18.6. The Labute approximate surface area is 141 Å². The number of rotatable bonds is 8. The number of carbonyl (C=O) groups is 2. The third-order valence-corrected chi connectivity index (χ3v) is 4.62. The van der Waals surface area contributed by atoms with Crippen molar-refractivity contribution in [2.24, 2.45) is 0 Å². The molecule has 1 fully saturated rings. The van der Waals surface area contributed by atoms with E-state index in [4.69, 9.17) is 4.74 Å². The number of quaternary nitrogens is 1. The van der Waals surface area contributed by atoms with Crippen LogP contribution in [-0.4, -0.2) is 44.3 Å². The number of carbonyl (C=O) groups excluding carboxylic acids is 2. The minimum atomic E-state index is -0.413. The third kappa shape index (κ3) is 6.68. The number of imide groups is 1. The van der Waals surface area contributed by atoms with E-state index in [1.54, 1.807) is 11.3 Å². The van der Waals surface area contributed by atoms with E-state index in [-0.39, 0.29) is 18.6 Å². The van der Waals surface area contributed by atoms with Gasteiger partial charge in [-0.2, -0.15) is 0 Å². The van der Waals surface area contributed by atoms with Gasteiger partial charge in [-0.3, -0.25) is 10.1 Å². The highest BCUT2D eigenvalue weighted by atomic mass is 32.1. The third-order valence-electron chi connectivity index (χ3n) is 3.74. The Balaban J connectivity index is 1.85. The SMILES string of the molecule is CCCNC(=O)NC(=O)C[NH+](Cc1cccs1)C[C@H]1CCCO1. The van der Waals surface area contributed by atoms with Crippen molar-refractivity contribution in [2.75, 3.05) is 26.2 Å². The highest BCUT2D eigenvalue weighted by Gasteiger charge is 2.24. The van der Waals surface area contributed by atoms with Crippen molar-refractivity contribution in [3.05, 3.63) is 22.4 Å². The highest BCUT2D eigenvalue weighted by molar-refractivity contribution is 7.09. The predicted octanol–water partition coefficient (Wildman–Crippen LogP) is 0.548. The van der Waals surface area contributed by atoms with Gasteiger partial charge in [-0.1, -0.05) is 13.0 Å². The Bertz CT molecular complexity index is 487. The van der Waals surface area contributed by atoms with E-state index >= 15 is 0 Å². The van der Waals surface area contributed by atoms with Gasteiger partial charge in [0.25, 0.3) is 5.91 Å². The van der Waals surface area contributed by atoms with Crippen molar-refractivity contribution >= 4 is 23.3 Å². The molecular weight excluding hydrogens is 314 g/mol. The van der Waals surface area contributed by atoms with Crippen LogP contribution >= 0.6 is 11.3 Å². The molecule has 1 aromatic heterocycles. The van der Waals surface area contributed by atoms with Crippen molar-refractivity contribution < 1.29 is 19.2 Å². The fourth-order valence-corrected chi connectivity index (χ4v) is 3.45. The van der Waals surface area contributed by atoms with Crippen molar-refractivity contribution in [1.29, 1.82) is 0 Å². The maximum absolute atomic E-state index is 12.1. The lowest BCUT2D eigenvalue weighted by Gasteiger charge is -2.21.